The van der Waals surface area contributed by atoms with Crippen LogP contribution in [0.15, 0.2) is 36.4 Å². The maximum atomic E-state index is 12.2. The largest absolute Gasteiger partial charge is 0.427 e. The lowest BCUT2D eigenvalue weighted by Crippen LogP contribution is -2.11. The predicted molar refractivity (Wildman–Crippen MR) is 99.6 cm³/mol. The fraction of sp³-hybridized carbons (Fsp3) is 0.400. The summed E-state index contributed by atoms with van der Waals surface area (Å²) >= 11 is 0. The number of rotatable bonds is 9. The summed E-state index contributed by atoms with van der Waals surface area (Å²) in [7, 11) is 0. The number of ether oxygens (including phenoxy) is 1. The molecule has 2 rings (SSSR count). The first-order valence-corrected chi connectivity index (χ1v) is 8.72. The van der Waals surface area contributed by atoms with Crippen LogP contribution in [0.5, 0.6) is 5.75 Å². The molecule has 0 saturated carbocycles. The number of esters is 1. The molecule has 0 amide bonds. The molecule has 0 aliphatic rings. The van der Waals surface area contributed by atoms with Gasteiger partial charge in [0.15, 0.2) is 0 Å². The van der Waals surface area contributed by atoms with E-state index in [9.17, 15) is 9.59 Å². The molecule has 0 radical (unpaired) electrons. The highest BCUT2D eigenvalue weighted by atomic mass is 16.5. The first kappa shape index (κ1) is 19.1. The van der Waals surface area contributed by atoms with Crippen LogP contribution < -0.4 is 16.2 Å². The van der Waals surface area contributed by atoms with Gasteiger partial charge in [-0.05, 0) is 54.4 Å². The summed E-state index contributed by atoms with van der Waals surface area (Å²) in [5.74, 6) is 0.301. The van der Waals surface area contributed by atoms with Crippen molar-refractivity contribution in [2.24, 2.45) is 11.5 Å². The van der Waals surface area contributed by atoms with Crippen LogP contribution in [0.3, 0.4) is 0 Å². The second-order valence-corrected chi connectivity index (χ2v) is 6.21. The number of Topliss-reactive ketones (excluding diaryl/α,β-unsaturated/α-hetero) is 1. The molecule has 0 unspecified atom stereocenters. The van der Waals surface area contributed by atoms with Crippen LogP contribution in [0, 0.1) is 0 Å². The molecule has 1 atom stereocenters. The van der Waals surface area contributed by atoms with Gasteiger partial charge in [-0.15, -0.1) is 0 Å². The van der Waals surface area contributed by atoms with Crippen molar-refractivity contribution < 1.29 is 14.3 Å². The Bertz CT molecular complexity index is 743. The second-order valence-electron chi connectivity index (χ2n) is 6.21. The summed E-state index contributed by atoms with van der Waals surface area (Å²) in [6.45, 7) is 2.92. The van der Waals surface area contributed by atoms with Crippen LogP contribution in [0.1, 0.15) is 44.1 Å². The van der Waals surface area contributed by atoms with Gasteiger partial charge in [0.1, 0.15) is 11.5 Å². The van der Waals surface area contributed by atoms with E-state index in [-0.39, 0.29) is 17.7 Å². The van der Waals surface area contributed by atoms with Gasteiger partial charge in [0.2, 0.25) is 0 Å². The van der Waals surface area contributed by atoms with Crippen LogP contribution in [-0.2, 0) is 9.59 Å². The quantitative estimate of drug-likeness (QED) is 0.539. The Balaban J connectivity index is 2.12. The fourth-order valence-corrected chi connectivity index (χ4v) is 2.68. The normalized spacial score (nSPS) is 12.1. The van der Waals surface area contributed by atoms with Gasteiger partial charge in [-0.3, -0.25) is 9.59 Å². The minimum absolute atomic E-state index is 0.148. The van der Waals surface area contributed by atoms with E-state index in [0.29, 0.717) is 38.1 Å². The smallest absolute Gasteiger partial charge is 0.311 e. The van der Waals surface area contributed by atoms with Crippen LogP contribution in [0.2, 0.25) is 0 Å². The first-order valence-electron chi connectivity index (χ1n) is 8.72. The maximum Gasteiger partial charge on any atom is 0.311 e. The Morgan fingerprint density at radius 3 is 2.32 bits per heavy atom. The Labute approximate surface area is 148 Å². The number of hydrogen-bond acceptors (Lipinski definition) is 5. The van der Waals surface area contributed by atoms with E-state index >= 15 is 0 Å². The molecule has 25 heavy (non-hydrogen) atoms. The minimum atomic E-state index is -0.277. The highest BCUT2D eigenvalue weighted by molar-refractivity contribution is 5.89. The van der Waals surface area contributed by atoms with Gasteiger partial charge < -0.3 is 16.2 Å². The van der Waals surface area contributed by atoms with Gasteiger partial charge >= 0.3 is 5.97 Å². The standard InChI is InChI=1S/C20H26N2O3/c1-14(19(23)4-2-10-21)15-6-7-17-13-18(9-8-16(17)12-15)25-20(24)5-3-11-22/h6-9,12-14H,2-5,10-11,21-22H2,1H3/t14-/m1/s1. The molecule has 0 bridgehead atoms. The van der Waals surface area contributed by atoms with E-state index in [1.807, 2.05) is 37.3 Å². The van der Waals surface area contributed by atoms with Crippen molar-refractivity contribution in [1.29, 1.82) is 0 Å². The zero-order valence-electron chi connectivity index (χ0n) is 14.7. The molecule has 0 spiro atoms. The van der Waals surface area contributed by atoms with Gasteiger partial charge in [0, 0.05) is 18.8 Å². The lowest BCUT2D eigenvalue weighted by molar-refractivity contribution is -0.134. The Kier molecular flexibility index (Phi) is 7.10. The molecule has 2 aromatic carbocycles. The summed E-state index contributed by atoms with van der Waals surface area (Å²) in [6.07, 6.45) is 2.16. The average molecular weight is 342 g/mol. The van der Waals surface area contributed by atoms with E-state index in [0.717, 1.165) is 22.8 Å². The molecule has 0 fully saturated rings. The maximum absolute atomic E-state index is 12.2. The molecule has 2 aromatic rings. The summed E-state index contributed by atoms with van der Waals surface area (Å²) < 4.78 is 5.32. The number of carbonyl (C=O) groups excluding carboxylic acids is 2. The molecular weight excluding hydrogens is 316 g/mol. The van der Waals surface area contributed by atoms with E-state index < -0.39 is 0 Å². The second kappa shape index (κ2) is 9.30. The zero-order valence-corrected chi connectivity index (χ0v) is 14.7. The van der Waals surface area contributed by atoms with Gasteiger partial charge in [0.05, 0.1) is 0 Å². The van der Waals surface area contributed by atoms with Crippen LogP contribution in [-0.4, -0.2) is 24.8 Å². The highest BCUT2D eigenvalue weighted by Crippen LogP contribution is 2.26. The number of ketones is 1. The van der Waals surface area contributed by atoms with E-state index in [4.69, 9.17) is 16.2 Å². The topological polar surface area (TPSA) is 95.4 Å². The van der Waals surface area contributed by atoms with Crippen LogP contribution in [0.25, 0.3) is 10.8 Å². The number of nitrogens with two attached hydrogens (primary N) is 2. The molecule has 0 aliphatic heterocycles. The summed E-state index contributed by atoms with van der Waals surface area (Å²) in [4.78, 5) is 23.9. The van der Waals surface area contributed by atoms with Crippen molar-refractivity contribution >= 4 is 22.5 Å². The lowest BCUT2D eigenvalue weighted by atomic mass is 9.92. The first-order chi connectivity index (χ1) is 12.0. The molecule has 0 aromatic heterocycles. The number of carbonyl (C=O) groups is 2. The third-order valence-corrected chi connectivity index (χ3v) is 4.26. The van der Waals surface area contributed by atoms with Crippen molar-refractivity contribution in [3.05, 3.63) is 42.0 Å². The van der Waals surface area contributed by atoms with Crippen molar-refractivity contribution in [2.45, 2.75) is 38.5 Å². The van der Waals surface area contributed by atoms with Gasteiger partial charge in [-0.1, -0.05) is 31.2 Å². The number of fused-ring (bicyclic) bond motifs is 1. The molecular formula is C20H26N2O3. The zero-order chi connectivity index (χ0) is 18.2. The Hall–Kier alpha value is -2.24. The predicted octanol–water partition coefficient (Wildman–Crippen LogP) is 2.90. The molecule has 5 heteroatoms. The number of benzene rings is 2. The average Bonchev–Trinajstić information content (AvgIpc) is 2.63. The van der Waals surface area contributed by atoms with Crippen molar-refractivity contribution in [2.75, 3.05) is 13.1 Å². The molecule has 0 aliphatic carbocycles. The van der Waals surface area contributed by atoms with Gasteiger partial charge in [-0.2, -0.15) is 0 Å². The molecule has 0 heterocycles. The number of hydrogen-bond donors (Lipinski definition) is 2. The fourth-order valence-electron chi connectivity index (χ4n) is 2.68. The van der Waals surface area contributed by atoms with Crippen LogP contribution >= 0.6 is 0 Å². The van der Waals surface area contributed by atoms with Gasteiger partial charge in [-0.25, -0.2) is 0 Å². The van der Waals surface area contributed by atoms with Crippen molar-refractivity contribution in [3.63, 3.8) is 0 Å². The highest BCUT2D eigenvalue weighted by Gasteiger charge is 2.15. The third kappa shape index (κ3) is 5.37. The Morgan fingerprint density at radius 1 is 0.960 bits per heavy atom. The SMILES string of the molecule is C[C@@H](C(=O)CCCN)c1ccc2cc(OC(=O)CCCN)ccc2c1. The minimum Gasteiger partial charge on any atom is -0.427 e. The molecule has 134 valence electrons. The van der Waals surface area contributed by atoms with Gasteiger partial charge in [0.25, 0.3) is 0 Å². The summed E-state index contributed by atoms with van der Waals surface area (Å²) in [5, 5.41) is 1.98. The van der Waals surface area contributed by atoms with E-state index in [1.165, 1.54) is 0 Å². The summed E-state index contributed by atoms with van der Waals surface area (Å²) in [6, 6.07) is 11.4. The third-order valence-electron chi connectivity index (χ3n) is 4.26. The summed E-state index contributed by atoms with van der Waals surface area (Å²) in [5.41, 5.74) is 11.9. The lowest BCUT2D eigenvalue weighted by Gasteiger charge is -2.12. The van der Waals surface area contributed by atoms with Crippen LogP contribution in [0.4, 0.5) is 0 Å². The molecule has 5 nitrogen and oxygen atoms in total. The van der Waals surface area contributed by atoms with E-state index in [2.05, 4.69) is 0 Å². The monoisotopic (exact) mass is 342 g/mol. The molecule has 4 N–H and O–H groups in total. The molecule has 0 saturated heterocycles. The van der Waals surface area contributed by atoms with E-state index in [1.54, 1.807) is 6.07 Å². The van der Waals surface area contributed by atoms with Crippen molar-refractivity contribution in [1.82, 2.24) is 0 Å². The Morgan fingerprint density at radius 2 is 1.60 bits per heavy atom. The van der Waals surface area contributed by atoms with Crippen molar-refractivity contribution in [3.8, 4) is 5.75 Å².